The lowest BCUT2D eigenvalue weighted by atomic mass is 9.98. The quantitative estimate of drug-likeness (QED) is 0.419. The lowest BCUT2D eigenvalue weighted by Crippen LogP contribution is -2.36. The molecule has 188 valence electrons. The largest absolute Gasteiger partial charge is 0.478 e. The van der Waals surface area contributed by atoms with Crippen LogP contribution in [0.5, 0.6) is 5.88 Å². The second kappa shape index (κ2) is 11.1. The fourth-order valence-electron chi connectivity index (χ4n) is 5.22. The van der Waals surface area contributed by atoms with Gasteiger partial charge in [-0.25, -0.2) is 0 Å². The van der Waals surface area contributed by atoms with Gasteiger partial charge in [0, 0.05) is 31.1 Å². The van der Waals surface area contributed by atoms with Crippen LogP contribution in [0, 0.1) is 0 Å². The molecule has 0 radical (unpaired) electrons. The van der Waals surface area contributed by atoms with Crippen LogP contribution in [0.25, 0.3) is 11.1 Å². The van der Waals surface area contributed by atoms with E-state index in [0.29, 0.717) is 37.8 Å². The smallest absolute Gasteiger partial charge is 0.217 e. The molecule has 2 N–H and O–H groups in total. The van der Waals surface area contributed by atoms with Crippen molar-refractivity contribution < 1.29 is 9.53 Å². The normalized spacial score (nSPS) is 15.8. The van der Waals surface area contributed by atoms with Gasteiger partial charge in [-0.05, 0) is 66.7 Å². The Morgan fingerprint density at radius 2 is 1.67 bits per heavy atom. The predicted molar refractivity (Wildman–Crippen MR) is 145 cm³/mol. The average Bonchev–Trinajstić information content (AvgIpc) is 3.38. The van der Waals surface area contributed by atoms with Crippen LogP contribution in [0.15, 0.2) is 54.6 Å². The molecule has 36 heavy (non-hydrogen) atoms. The summed E-state index contributed by atoms with van der Waals surface area (Å²) in [7, 11) is 0. The van der Waals surface area contributed by atoms with Crippen molar-refractivity contribution in [3.63, 3.8) is 0 Å². The van der Waals surface area contributed by atoms with E-state index in [1.807, 2.05) is 6.07 Å². The Labute approximate surface area is 214 Å². The Bertz CT molecular complexity index is 1220. The zero-order chi connectivity index (χ0) is 24.9. The summed E-state index contributed by atoms with van der Waals surface area (Å²) in [5, 5.41) is 0. The van der Waals surface area contributed by atoms with Gasteiger partial charge in [0.1, 0.15) is 5.82 Å². The van der Waals surface area contributed by atoms with Crippen molar-refractivity contribution in [2.24, 2.45) is 0 Å². The number of pyridine rings is 1. The summed E-state index contributed by atoms with van der Waals surface area (Å²) in [5.74, 6) is 1.07. The summed E-state index contributed by atoms with van der Waals surface area (Å²) >= 11 is 0. The molecule has 0 bridgehead atoms. The molecule has 2 aromatic carbocycles. The number of rotatable bonds is 9. The highest BCUT2D eigenvalue weighted by molar-refractivity contribution is 5.92. The topological polar surface area (TPSA) is 71.7 Å². The fraction of sp³-hybridized carbons (Fsp3) is 0.400. The van der Waals surface area contributed by atoms with Crippen LogP contribution in [-0.4, -0.2) is 41.9 Å². The molecule has 5 rings (SSSR count). The molecule has 1 aromatic heterocycles. The van der Waals surface area contributed by atoms with Gasteiger partial charge in [0.2, 0.25) is 5.88 Å². The van der Waals surface area contributed by atoms with E-state index in [-0.39, 0.29) is 5.78 Å². The molecular formula is C30H36N4O2. The second-order valence-corrected chi connectivity index (χ2v) is 10.0. The number of hydrogen-bond acceptors (Lipinski definition) is 6. The number of unbranched alkanes of at least 4 members (excludes halogenated alkanes) is 1. The van der Waals surface area contributed by atoms with Crippen LogP contribution < -0.4 is 15.4 Å². The number of nitrogens with two attached hydrogens (primary N) is 1. The van der Waals surface area contributed by atoms with E-state index in [1.165, 1.54) is 42.6 Å². The average molecular weight is 485 g/mol. The minimum absolute atomic E-state index is 0.154. The molecule has 0 spiro atoms. The molecule has 3 heterocycles. The van der Waals surface area contributed by atoms with Gasteiger partial charge in [-0.15, -0.1) is 0 Å². The first-order valence-corrected chi connectivity index (χ1v) is 13.2. The van der Waals surface area contributed by atoms with Crippen molar-refractivity contribution in [1.82, 2.24) is 9.88 Å². The van der Waals surface area contributed by atoms with E-state index in [9.17, 15) is 4.79 Å². The molecule has 0 atom stereocenters. The van der Waals surface area contributed by atoms with E-state index >= 15 is 0 Å². The summed E-state index contributed by atoms with van der Waals surface area (Å²) < 4.78 is 5.85. The van der Waals surface area contributed by atoms with Crippen LogP contribution in [0.1, 0.15) is 49.3 Å². The highest BCUT2D eigenvalue weighted by Gasteiger charge is 2.26. The first kappa shape index (κ1) is 24.3. The number of aromatic nitrogens is 1. The molecule has 0 unspecified atom stereocenters. The van der Waals surface area contributed by atoms with Crippen molar-refractivity contribution in [2.45, 2.75) is 52.1 Å². The third-order valence-electron chi connectivity index (χ3n) is 7.10. The molecule has 0 aliphatic carbocycles. The van der Waals surface area contributed by atoms with Crippen LogP contribution in [0.3, 0.4) is 0 Å². The Hall–Kier alpha value is -3.38. The number of hydrogen-bond donors (Lipinski definition) is 1. The standard InChI is InChI=1S/C30H36N4O2/c1-2-3-14-36-29-18-28-27(30(31)32-29)17-26(35)21-34(28)20-23-9-7-11-25(16-23)24-10-6-8-22(15-24)19-33-12-4-5-13-33/h6-11,15-16,18H,2-5,12-14,17,19-21H2,1H3,(H2,31,32). The van der Waals surface area contributed by atoms with Crippen molar-refractivity contribution >= 4 is 17.3 Å². The lowest BCUT2D eigenvalue weighted by Gasteiger charge is -2.31. The number of nitrogen functional groups attached to an aromatic ring is 1. The molecule has 1 saturated heterocycles. The molecule has 3 aromatic rings. The zero-order valence-corrected chi connectivity index (χ0v) is 21.2. The minimum atomic E-state index is 0.154. The van der Waals surface area contributed by atoms with Gasteiger partial charge in [-0.2, -0.15) is 4.98 Å². The predicted octanol–water partition coefficient (Wildman–Crippen LogP) is 5.24. The summed E-state index contributed by atoms with van der Waals surface area (Å²) in [6, 6.07) is 19.4. The molecule has 6 nitrogen and oxygen atoms in total. The van der Waals surface area contributed by atoms with Gasteiger partial charge < -0.3 is 15.4 Å². The van der Waals surface area contributed by atoms with Crippen molar-refractivity contribution in [3.8, 4) is 17.0 Å². The van der Waals surface area contributed by atoms with Gasteiger partial charge in [0.25, 0.3) is 0 Å². The number of nitrogens with zero attached hydrogens (tertiary/aromatic N) is 3. The molecule has 0 amide bonds. The van der Waals surface area contributed by atoms with Gasteiger partial charge in [0.05, 0.1) is 18.8 Å². The third-order valence-corrected chi connectivity index (χ3v) is 7.10. The number of likely N-dealkylation sites (tertiary alicyclic amines) is 1. The Kier molecular flexibility index (Phi) is 7.52. The third kappa shape index (κ3) is 5.71. The van der Waals surface area contributed by atoms with Gasteiger partial charge >= 0.3 is 0 Å². The first-order chi connectivity index (χ1) is 17.6. The first-order valence-electron chi connectivity index (χ1n) is 13.2. The van der Waals surface area contributed by atoms with E-state index in [0.717, 1.165) is 36.2 Å². The van der Waals surface area contributed by atoms with Crippen molar-refractivity contribution in [3.05, 3.63) is 71.3 Å². The van der Waals surface area contributed by atoms with E-state index in [2.05, 4.69) is 70.2 Å². The number of carbonyl (C=O) groups excluding carboxylic acids is 1. The highest BCUT2D eigenvalue weighted by Crippen LogP contribution is 2.34. The molecule has 6 heteroatoms. The number of anilines is 2. The van der Waals surface area contributed by atoms with Crippen LogP contribution in [0.2, 0.25) is 0 Å². The summed E-state index contributed by atoms with van der Waals surface area (Å²) in [6.07, 6.45) is 4.95. The maximum absolute atomic E-state index is 12.6. The number of fused-ring (bicyclic) bond motifs is 1. The number of carbonyl (C=O) groups is 1. The summed E-state index contributed by atoms with van der Waals surface area (Å²) in [5.41, 5.74) is 12.9. The van der Waals surface area contributed by atoms with Crippen LogP contribution in [-0.2, 0) is 24.3 Å². The molecule has 0 saturated carbocycles. The van der Waals surface area contributed by atoms with Gasteiger partial charge in [-0.1, -0.05) is 49.7 Å². The van der Waals surface area contributed by atoms with Gasteiger partial charge in [-0.3, -0.25) is 9.69 Å². The second-order valence-electron chi connectivity index (χ2n) is 10.0. The monoisotopic (exact) mass is 484 g/mol. The van der Waals surface area contributed by atoms with E-state index in [1.54, 1.807) is 0 Å². The zero-order valence-electron chi connectivity index (χ0n) is 21.2. The molecule has 2 aliphatic rings. The Morgan fingerprint density at radius 3 is 2.36 bits per heavy atom. The van der Waals surface area contributed by atoms with Crippen LogP contribution in [0.4, 0.5) is 11.5 Å². The number of Topliss-reactive ketones (excluding diaryl/α,β-unsaturated/α-hetero) is 1. The number of ketones is 1. The SMILES string of the molecule is CCCCOc1cc2c(c(N)n1)CC(=O)CN2Cc1cccc(-c2cccc(CN3CCCC3)c2)c1. The van der Waals surface area contributed by atoms with Crippen molar-refractivity contribution in [1.29, 1.82) is 0 Å². The highest BCUT2D eigenvalue weighted by atomic mass is 16.5. The van der Waals surface area contributed by atoms with Crippen LogP contribution >= 0.6 is 0 Å². The minimum Gasteiger partial charge on any atom is -0.478 e. The summed E-state index contributed by atoms with van der Waals surface area (Å²) in [4.78, 5) is 21.6. The lowest BCUT2D eigenvalue weighted by molar-refractivity contribution is -0.117. The van der Waals surface area contributed by atoms with E-state index in [4.69, 9.17) is 10.5 Å². The molecule has 1 fully saturated rings. The maximum Gasteiger partial charge on any atom is 0.217 e. The number of ether oxygens (including phenoxy) is 1. The summed E-state index contributed by atoms with van der Waals surface area (Å²) in [6.45, 7) is 7.13. The Morgan fingerprint density at radius 1 is 0.972 bits per heavy atom. The maximum atomic E-state index is 12.6. The van der Waals surface area contributed by atoms with E-state index < -0.39 is 0 Å². The molecular weight excluding hydrogens is 448 g/mol. The van der Waals surface area contributed by atoms with Gasteiger partial charge in [0.15, 0.2) is 5.78 Å². The number of benzene rings is 2. The molecule has 2 aliphatic heterocycles. The Balaban J connectivity index is 1.37. The van der Waals surface area contributed by atoms with Crippen molar-refractivity contribution in [2.75, 3.05) is 36.9 Å². The fourth-order valence-corrected chi connectivity index (χ4v) is 5.22.